The number of urea groups is 1. The summed E-state index contributed by atoms with van der Waals surface area (Å²) >= 11 is 0. The van der Waals surface area contributed by atoms with Crippen LogP contribution in [-0.2, 0) is 0 Å². The number of carbonyl (C=O) groups is 2. The van der Waals surface area contributed by atoms with Gasteiger partial charge in [0.1, 0.15) is 0 Å². The summed E-state index contributed by atoms with van der Waals surface area (Å²) in [5.74, 6) is 0.0512. The monoisotopic (exact) mass is 413 g/mol. The second-order valence-electron chi connectivity index (χ2n) is 6.74. The van der Waals surface area contributed by atoms with Crippen LogP contribution in [0.2, 0.25) is 0 Å². The second-order valence-corrected chi connectivity index (χ2v) is 6.74. The van der Waals surface area contributed by atoms with Gasteiger partial charge in [-0.1, -0.05) is 29.4 Å². The minimum absolute atomic E-state index is 0.145. The molecule has 2 aromatic heterocycles. The van der Waals surface area contributed by atoms with Crippen LogP contribution in [-0.4, -0.2) is 22.1 Å². The maximum Gasteiger partial charge on any atom is 0.323 e. The van der Waals surface area contributed by atoms with Crippen molar-refractivity contribution in [3.8, 4) is 11.3 Å². The summed E-state index contributed by atoms with van der Waals surface area (Å²) in [5, 5.41) is 12.2. The molecule has 0 spiro atoms. The molecule has 8 heteroatoms. The Balaban J connectivity index is 1.44. The summed E-state index contributed by atoms with van der Waals surface area (Å²) in [6.45, 7) is 1.86. The van der Waals surface area contributed by atoms with E-state index in [1.54, 1.807) is 60.9 Å². The molecule has 0 aliphatic rings. The Morgan fingerprint density at radius 1 is 0.839 bits per heavy atom. The molecule has 31 heavy (non-hydrogen) atoms. The fourth-order valence-corrected chi connectivity index (χ4v) is 2.87. The molecular weight excluding hydrogens is 394 g/mol. The van der Waals surface area contributed by atoms with E-state index in [0.29, 0.717) is 22.8 Å². The van der Waals surface area contributed by atoms with Gasteiger partial charge in [0.15, 0.2) is 11.5 Å². The standard InChI is InChI=1S/C23H19N5O3/c1-15-7-8-18(26-23(30)25-17-5-3-2-4-6-17)13-19(15)27-22(29)20-14-21(31-28-20)16-9-11-24-12-10-16/h2-14H,1H3,(H,27,29)(H2,25,26,30). The predicted molar refractivity (Wildman–Crippen MR) is 118 cm³/mol. The molecule has 0 bridgehead atoms. The van der Waals surface area contributed by atoms with Gasteiger partial charge >= 0.3 is 6.03 Å². The van der Waals surface area contributed by atoms with Crippen LogP contribution >= 0.6 is 0 Å². The number of rotatable bonds is 5. The number of hydrogen-bond donors (Lipinski definition) is 3. The third kappa shape index (κ3) is 4.94. The zero-order valence-electron chi connectivity index (χ0n) is 16.6. The first-order valence-electron chi connectivity index (χ1n) is 9.51. The van der Waals surface area contributed by atoms with Gasteiger partial charge in [0.2, 0.25) is 0 Å². The van der Waals surface area contributed by atoms with Crippen molar-refractivity contribution in [3.05, 3.63) is 90.4 Å². The topological polar surface area (TPSA) is 109 Å². The Hall–Kier alpha value is -4.46. The lowest BCUT2D eigenvalue weighted by atomic mass is 10.1. The average Bonchev–Trinajstić information content (AvgIpc) is 3.28. The number of nitrogens with zero attached hydrogens (tertiary/aromatic N) is 2. The van der Waals surface area contributed by atoms with Crippen LogP contribution in [0.3, 0.4) is 0 Å². The predicted octanol–water partition coefficient (Wildman–Crippen LogP) is 4.94. The summed E-state index contributed by atoms with van der Waals surface area (Å²) in [7, 11) is 0. The van der Waals surface area contributed by atoms with Crippen molar-refractivity contribution >= 4 is 29.0 Å². The molecule has 0 radical (unpaired) electrons. The first-order valence-corrected chi connectivity index (χ1v) is 9.51. The van der Waals surface area contributed by atoms with Crippen LogP contribution in [0.25, 0.3) is 11.3 Å². The van der Waals surface area contributed by atoms with Gasteiger partial charge in [0, 0.05) is 41.1 Å². The van der Waals surface area contributed by atoms with E-state index in [1.807, 2.05) is 25.1 Å². The SMILES string of the molecule is Cc1ccc(NC(=O)Nc2ccccc2)cc1NC(=O)c1cc(-c2ccncc2)on1. The lowest BCUT2D eigenvalue weighted by molar-refractivity contribution is 0.101. The maximum absolute atomic E-state index is 12.6. The Morgan fingerprint density at radius 3 is 2.35 bits per heavy atom. The first kappa shape index (κ1) is 19.8. The highest BCUT2D eigenvalue weighted by Crippen LogP contribution is 2.23. The second kappa shape index (κ2) is 8.91. The van der Waals surface area contributed by atoms with Crippen LogP contribution < -0.4 is 16.0 Å². The van der Waals surface area contributed by atoms with E-state index in [1.165, 1.54) is 0 Å². The van der Waals surface area contributed by atoms with Gasteiger partial charge in [-0.2, -0.15) is 0 Å². The zero-order chi connectivity index (χ0) is 21.6. The number of benzene rings is 2. The summed E-state index contributed by atoms with van der Waals surface area (Å²) in [4.78, 5) is 28.8. The van der Waals surface area contributed by atoms with Crippen molar-refractivity contribution < 1.29 is 14.1 Å². The van der Waals surface area contributed by atoms with E-state index < -0.39 is 5.91 Å². The molecule has 4 aromatic rings. The van der Waals surface area contributed by atoms with Gasteiger partial charge in [0.25, 0.3) is 5.91 Å². The highest BCUT2D eigenvalue weighted by molar-refractivity contribution is 6.05. The fraction of sp³-hybridized carbons (Fsp3) is 0.0435. The summed E-state index contributed by atoms with van der Waals surface area (Å²) in [5.41, 5.74) is 3.51. The maximum atomic E-state index is 12.6. The third-order valence-corrected chi connectivity index (χ3v) is 4.48. The number of nitrogens with one attached hydrogen (secondary N) is 3. The van der Waals surface area contributed by atoms with Gasteiger partial charge in [-0.15, -0.1) is 0 Å². The molecule has 8 nitrogen and oxygen atoms in total. The minimum atomic E-state index is -0.418. The number of anilines is 3. The highest BCUT2D eigenvalue weighted by atomic mass is 16.5. The Morgan fingerprint density at radius 2 is 1.58 bits per heavy atom. The van der Waals surface area contributed by atoms with E-state index in [-0.39, 0.29) is 11.7 Å². The lowest BCUT2D eigenvalue weighted by Crippen LogP contribution is -2.19. The molecule has 0 atom stereocenters. The van der Waals surface area contributed by atoms with Gasteiger partial charge < -0.3 is 20.5 Å². The van der Waals surface area contributed by atoms with Crippen molar-refractivity contribution in [2.45, 2.75) is 6.92 Å². The number of pyridine rings is 1. The number of aryl methyl sites for hydroxylation is 1. The van der Waals surface area contributed by atoms with Crippen LogP contribution in [0, 0.1) is 6.92 Å². The third-order valence-electron chi connectivity index (χ3n) is 4.48. The Labute approximate surface area is 178 Å². The molecule has 0 aliphatic heterocycles. The summed E-state index contributed by atoms with van der Waals surface area (Å²) < 4.78 is 5.27. The molecule has 3 amide bonds. The molecule has 154 valence electrons. The van der Waals surface area contributed by atoms with Crippen molar-refractivity contribution in [3.63, 3.8) is 0 Å². The van der Waals surface area contributed by atoms with Gasteiger partial charge in [-0.25, -0.2) is 4.79 Å². The molecule has 4 rings (SSSR count). The average molecular weight is 413 g/mol. The molecule has 0 fully saturated rings. The highest BCUT2D eigenvalue weighted by Gasteiger charge is 2.15. The van der Waals surface area contributed by atoms with Crippen LogP contribution in [0.15, 0.2) is 83.6 Å². The number of hydrogen-bond acceptors (Lipinski definition) is 5. The summed E-state index contributed by atoms with van der Waals surface area (Å²) in [6, 6.07) is 19.1. The van der Waals surface area contributed by atoms with Crippen molar-refractivity contribution in [2.75, 3.05) is 16.0 Å². The zero-order valence-corrected chi connectivity index (χ0v) is 16.6. The molecule has 2 aromatic carbocycles. The van der Waals surface area contributed by atoms with Crippen LogP contribution in [0.5, 0.6) is 0 Å². The molecular formula is C23H19N5O3. The Bertz CT molecular complexity index is 1210. The van der Waals surface area contributed by atoms with E-state index in [9.17, 15) is 9.59 Å². The largest absolute Gasteiger partial charge is 0.355 e. The van der Waals surface area contributed by atoms with E-state index >= 15 is 0 Å². The number of carbonyl (C=O) groups excluding carboxylic acids is 2. The van der Waals surface area contributed by atoms with Gasteiger partial charge in [-0.3, -0.25) is 9.78 Å². The van der Waals surface area contributed by atoms with Crippen molar-refractivity contribution in [2.24, 2.45) is 0 Å². The lowest BCUT2D eigenvalue weighted by Gasteiger charge is -2.11. The quantitative estimate of drug-likeness (QED) is 0.429. The summed E-state index contributed by atoms with van der Waals surface area (Å²) in [6.07, 6.45) is 3.26. The number of para-hydroxylation sites is 1. The van der Waals surface area contributed by atoms with Crippen molar-refractivity contribution in [1.82, 2.24) is 10.1 Å². The van der Waals surface area contributed by atoms with Gasteiger partial charge in [0.05, 0.1) is 0 Å². The van der Waals surface area contributed by atoms with Crippen molar-refractivity contribution in [1.29, 1.82) is 0 Å². The number of aromatic nitrogens is 2. The fourth-order valence-electron chi connectivity index (χ4n) is 2.87. The Kier molecular flexibility index (Phi) is 5.70. The van der Waals surface area contributed by atoms with Crippen LogP contribution in [0.4, 0.5) is 21.9 Å². The molecule has 0 unspecified atom stereocenters. The first-order chi connectivity index (χ1) is 15.1. The van der Waals surface area contributed by atoms with E-state index in [2.05, 4.69) is 26.1 Å². The smallest absolute Gasteiger partial charge is 0.323 e. The van der Waals surface area contributed by atoms with Gasteiger partial charge in [-0.05, 0) is 48.9 Å². The molecule has 0 aliphatic carbocycles. The molecule has 0 saturated carbocycles. The van der Waals surface area contributed by atoms with Crippen LogP contribution in [0.1, 0.15) is 16.1 Å². The van der Waals surface area contributed by atoms with E-state index in [4.69, 9.17) is 4.52 Å². The molecule has 0 saturated heterocycles. The molecule has 2 heterocycles. The molecule has 3 N–H and O–H groups in total. The minimum Gasteiger partial charge on any atom is -0.355 e. The number of amides is 3. The normalized spacial score (nSPS) is 10.4. The van der Waals surface area contributed by atoms with E-state index in [0.717, 1.165) is 11.1 Å².